The Balaban J connectivity index is 1.77. The van der Waals surface area contributed by atoms with Crippen molar-refractivity contribution in [3.8, 4) is 11.3 Å². The lowest BCUT2D eigenvalue weighted by Gasteiger charge is -2.07. The van der Waals surface area contributed by atoms with Gasteiger partial charge < -0.3 is 5.32 Å². The van der Waals surface area contributed by atoms with Crippen LogP contribution in [0.1, 0.15) is 0 Å². The summed E-state index contributed by atoms with van der Waals surface area (Å²) in [6.45, 7) is 0. The van der Waals surface area contributed by atoms with Crippen molar-refractivity contribution in [2.24, 2.45) is 7.05 Å². The molecule has 0 bridgehead atoms. The van der Waals surface area contributed by atoms with E-state index >= 15 is 0 Å². The summed E-state index contributed by atoms with van der Waals surface area (Å²) in [4.78, 5) is 4.80. The number of hydrogen-bond donors (Lipinski definition) is 1. The van der Waals surface area contributed by atoms with E-state index in [9.17, 15) is 0 Å². The fourth-order valence-corrected chi connectivity index (χ4v) is 3.44. The van der Waals surface area contributed by atoms with Gasteiger partial charge in [0.1, 0.15) is 5.52 Å². The number of halogens is 1. The first-order valence-electron chi connectivity index (χ1n) is 7.09. The van der Waals surface area contributed by atoms with E-state index in [0.717, 1.165) is 32.8 Å². The Kier molecular flexibility index (Phi) is 3.52. The van der Waals surface area contributed by atoms with E-state index in [1.807, 2.05) is 49.8 Å². The van der Waals surface area contributed by atoms with Crippen molar-refractivity contribution < 1.29 is 0 Å². The number of aryl methyl sites for hydroxylation is 1. The fourth-order valence-electron chi connectivity index (χ4n) is 2.42. The van der Waals surface area contributed by atoms with Crippen LogP contribution in [0.4, 0.5) is 11.4 Å². The second kappa shape index (κ2) is 5.68. The van der Waals surface area contributed by atoms with Gasteiger partial charge >= 0.3 is 0 Å². The van der Waals surface area contributed by atoms with E-state index in [1.165, 1.54) is 0 Å². The van der Waals surface area contributed by atoms with Crippen LogP contribution >= 0.6 is 22.9 Å². The van der Waals surface area contributed by atoms with Crippen LogP contribution < -0.4 is 5.32 Å². The van der Waals surface area contributed by atoms with Crippen LogP contribution in [0, 0.1) is 0 Å². The van der Waals surface area contributed by atoms with E-state index in [4.69, 9.17) is 16.6 Å². The summed E-state index contributed by atoms with van der Waals surface area (Å²) in [6.07, 6.45) is 3.78. The van der Waals surface area contributed by atoms with Crippen molar-refractivity contribution in [1.82, 2.24) is 14.8 Å². The van der Waals surface area contributed by atoms with Gasteiger partial charge in [0.2, 0.25) is 0 Å². The standard InChI is InChI=1S/C17H13ClN4S/c1-22-9-11(8-19-22)13-6-7-16-17(21-13)15(10-23-16)20-14-5-3-2-4-12(14)18/h2-10,20H,1H3. The van der Waals surface area contributed by atoms with E-state index in [2.05, 4.69) is 21.9 Å². The minimum Gasteiger partial charge on any atom is -0.352 e. The molecular weight excluding hydrogens is 328 g/mol. The van der Waals surface area contributed by atoms with E-state index < -0.39 is 0 Å². The molecule has 3 aromatic heterocycles. The van der Waals surface area contributed by atoms with Crippen LogP contribution in [0.15, 0.2) is 54.2 Å². The van der Waals surface area contributed by atoms with Gasteiger partial charge in [-0.1, -0.05) is 23.7 Å². The van der Waals surface area contributed by atoms with Crippen LogP contribution in [-0.2, 0) is 7.05 Å². The number of rotatable bonds is 3. The van der Waals surface area contributed by atoms with Crippen LogP contribution in [0.3, 0.4) is 0 Å². The highest BCUT2D eigenvalue weighted by Crippen LogP contribution is 2.34. The van der Waals surface area contributed by atoms with E-state index in [0.29, 0.717) is 5.02 Å². The number of nitrogens with zero attached hydrogens (tertiary/aromatic N) is 3. The lowest BCUT2D eigenvalue weighted by Crippen LogP contribution is -1.91. The number of thiophene rings is 1. The Morgan fingerprint density at radius 3 is 2.78 bits per heavy atom. The smallest absolute Gasteiger partial charge is 0.105 e. The predicted octanol–water partition coefficient (Wildman–Crippen LogP) is 5.09. The first kappa shape index (κ1) is 14.2. The third kappa shape index (κ3) is 2.69. The quantitative estimate of drug-likeness (QED) is 0.564. The van der Waals surface area contributed by atoms with Crippen molar-refractivity contribution in [3.05, 3.63) is 59.2 Å². The minimum absolute atomic E-state index is 0.690. The van der Waals surface area contributed by atoms with Gasteiger partial charge in [-0.25, -0.2) is 4.98 Å². The summed E-state index contributed by atoms with van der Waals surface area (Å²) in [5.41, 5.74) is 4.69. The van der Waals surface area contributed by atoms with Gasteiger partial charge in [-0.15, -0.1) is 11.3 Å². The third-order valence-corrected chi connectivity index (χ3v) is 4.83. The zero-order valence-corrected chi connectivity index (χ0v) is 13.9. The largest absolute Gasteiger partial charge is 0.352 e. The highest BCUT2D eigenvalue weighted by atomic mass is 35.5. The molecule has 0 aliphatic rings. The molecular formula is C17H13ClN4S. The first-order valence-corrected chi connectivity index (χ1v) is 8.35. The molecule has 0 amide bonds. The van der Waals surface area contributed by atoms with Crippen LogP contribution in [0.25, 0.3) is 21.5 Å². The fraction of sp³-hybridized carbons (Fsp3) is 0.0588. The Labute approximate surface area is 142 Å². The molecule has 0 radical (unpaired) electrons. The summed E-state index contributed by atoms with van der Waals surface area (Å²) in [5.74, 6) is 0. The van der Waals surface area contributed by atoms with Crippen molar-refractivity contribution in [2.75, 3.05) is 5.32 Å². The number of pyridine rings is 1. The van der Waals surface area contributed by atoms with Gasteiger partial charge in [0.05, 0.1) is 33.0 Å². The predicted molar refractivity (Wildman–Crippen MR) is 96.6 cm³/mol. The van der Waals surface area contributed by atoms with Crippen LogP contribution in [-0.4, -0.2) is 14.8 Å². The molecule has 0 saturated heterocycles. The molecule has 1 N–H and O–H groups in total. The zero-order chi connectivity index (χ0) is 15.8. The molecule has 0 fully saturated rings. The molecule has 0 unspecified atom stereocenters. The van der Waals surface area contributed by atoms with Crippen LogP contribution in [0.5, 0.6) is 0 Å². The van der Waals surface area contributed by atoms with Gasteiger partial charge in [0.15, 0.2) is 0 Å². The van der Waals surface area contributed by atoms with Crippen molar-refractivity contribution >= 4 is 44.5 Å². The molecule has 0 saturated carbocycles. The average Bonchev–Trinajstić information content (AvgIpc) is 3.16. The van der Waals surface area contributed by atoms with Gasteiger partial charge in [-0.2, -0.15) is 5.10 Å². The molecule has 1 aromatic carbocycles. The van der Waals surface area contributed by atoms with E-state index in [1.54, 1.807) is 16.0 Å². The van der Waals surface area contributed by atoms with Gasteiger partial charge in [0, 0.05) is 24.2 Å². The topological polar surface area (TPSA) is 42.7 Å². The number of hydrogen-bond acceptors (Lipinski definition) is 4. The normalized spacial score (nSPS) is 11.0. The lowest BCUT2D eigenvalue weighted by atomic mass is 10.2. The molecule has 0 spiro atoms. The first-order chi connectivity index (χ1) is 11.2. The highest BCUT2D eigenvalue weighted by molar-refractivity contribution is 7.17. The molecule has 0 atom stereocenters. The molecule has 0 aliphatic heterocycles. The molecule has 4 nitrogen and oxygen atoms in total. The summed E-state index contributed by atoms with van der Waals surface area (Å²) in [6, 6.07) is 11.8. The maximum absolute atomic E-state index is 6.23. The van der Waals surface area contributed by atoms with Crippen molar-refractivity contribution in [2.45, 2.75) is 0 Å². The van der Waals surface area contributed by atoms with Gasteiger partial charge in [-0.05, 0) is 24.3 Å². The number of aromatic nitrogens is 3. The molecule has 4 aromatic rings. The number of benzene rings is 1. The second-order valence-corrected chi connectivity index (χ2v) is 6.52. The molecule has 4 rings (SSSR count). The maximum atomic E-state index is 6.23. The number of nitrogens with one attached hydrogen (secondary N) is 1. The molecule has 3 heterocycles. The Bertz CT molecular complexity index is 989. The zero-order valence-electron chi connectivity index (χ0n) is 12.3. The molecule has 114 valence electrons. The number of fused-ring (bicyclic) bond motifs is 1. The van der Waals surface area contributed by atoms with Gasteiger partial charge in [0.25, 0.3) is 0 Å². The number of anilines is 2. The van der Waals surface area contributed by atoms with Crippen molar-refractivity contribution in [3.63, 3.8) is 0 Å². The number of para-hydroxylation sites is 1. The Morgan fingerprint density at radius 1 is 1.13 bits per heavy atom. The average molecular weight is 341 g/mol. The summed E-state index contributed by atoms with van der Waals surface area (Å²) >= 11 is 7.89. The molecule has 23 heavy (non-hydrogen) atoms. The Hall–Kier alpha value is -2.37. The summed E-state index contributed by atoms with van der Waals surface area (Å²) < 4.78 is 2.91. The SMILES string of the molecule is Cn1cc(-c2ccc3scc(Nc4ccccc4Cl)c3n2)cn1. The third-order valence-electron chi connectivity index (χ3n) is 3.56. The minimum atomic E-state index is 0.690. The second-order valence-electron chi connectivity index (χ2n) is 5.20. The van der Waals surface area contributed by atoms with E-state index in [-0.39, 0.29) is 0 Å². The van der Waals surface area contributed by atoms with Crippen LogP contribution in [0.2, 0.25) is 5.02 Å². The Morgan fingerprint density at radius 2 is 2.00 bits per heavy atom. The highest BCUT2D eigenvalue weighted by Gasteiger charge is 2.10. The lowest BCUT2D eigenvalue weighted by molar-refractivity contribution is 0.768. The summed E-state index contributed by atoms with van der Waals surface area (Å²) in [7, 11) is 1.90. The maximum Gasteiger partial charge on any atom is 0.105 e. The summed E-state index contributed by atoms with van der Waals surface area (Å²) in [5, 5.41) is 10.3. The molecule has 0 aliphatic carbocycles. The monoisotopic (exact) mass is 340 g/mol. The molecule has 6 heteroatoms. The van der Waals surface area contributed by atoms with Gasteiger partial charge in [-0.3, -0.25) is 4.68 Å². The van der Waals surface area contributed by atoms with Crippen molar-refractivity contribution in [1.29, 1.82) is 0 Å².